The number of thiazole rings is 1. The molecule has 0 aliphatic heterocycles. The van der Waals surface area contributed by atoms with Crippen LogP contribution in [0.5, 0.6) is 5.75 Å². The molecule has 6 nitrogen and oxygen atoms in total. The first-order chi connectivity index (χ1) is 11.9. The van der Waals surface area contributed by atoms with Crippen LogP contribution in [-0.2, 0) is 21.4 Å². The molecule has 0 unspecified atom stereocenters. The van der Waals surface area contributed by atoms with Crippen molar-refractivity contribution in [1.29, 1.82) is 0 Å². The van der Waals surface area contributed by atoms with Gasteiger partial charge in [0, 0.05) is 12.2 Å². The highest BCUT2D eigenvalue weighted by atomic mass is 32.2. The summed E-state index contributed by atoms with van der Waals surface area (Å²) < 4.78 is 46.6. The predicted molar refractivity (Wildman–Crippen MR) is 101 cm³/mol. The third-order valence-corrected chi connectivity index (χ3v) is 5.98. The zero-order chi connectivity index (χ0) is 18.4. The highest BCUT2D eigenvalue weighted by molar-refractivity contribution is 8.02. The van der Waals surface area contributed by atoms with E-state index < -0.39 is 10.1 Å². The molecular weight excluding hydrogens is 382 g/mol. The first-order valence-electron chi connectivity index (χ1n) is 7.70. The topological polar surface area (TPSA) is 79.5 Å². The molecule has 2 aromatic rings. The van der Waals surface area contributed by atoms with E-state index in [9.17, 15) is 13.0 Å². The Labute approximate surface area is 156 Å². The van der Waals surface area contributed by atoms with Crippen LogP contribution in [0.1, 0.15) is 18.4 Å². The zero-order valence-corrected chi connectivity index (χ0v) is 16.8. The minimum Gasteiger partial charge on any atom is -0.748 e. The van der Waals surface area contributed by atoms with Gasteiger partial charge >= 0.3 is 0 Å². The van der Waals surface area contributed by atoms with Gasteiger partial charge in [-0.25, -0.2) is 8.42 Å². The maximum absolute atomic E-state index is 10.9. The molecule has 0 bridgehead atoms. The lowest BCUT2D eigenvalue weighted by Gasteiger charge is -2.05. The zero-order valence-electron chi connectivity index (χ0n) is 14.4. The van der Waals surface area contributed by atoms with Crippen molar-refractivity contribution in [3.63, 3.8) is 0 Å². The number of nitrogens with zero attached hydrogens (tertiary/aromatic N) is 1. The van der Waals surface area contributed by atoms with E-state index in [1.807, 2.05) is 42.0 Å². The number of thioether (sulfide) groups is 1. The number of hydrogen-bond donors (Lipinski definition) is 0. The average molecular weight is 404 g/mol. The lowest BCUT2D eigenvalue weighted by atomic mass is 10.3. The summed E-state index contributed by atoms with van der Waals surface area (Å²) in [5, 5.41) is 1.72. The third kappa shape index (κ3) is 5.60. The standard InChI is InChI=1S/C16H21NO5S3/c1-4-22-16(23-3)11-15-17(8-5-9-25(18,19)20)13-10-12(21-2)6-7-14(13)24-15/h6-7,10-11H,4-5,8-9H2,1-3H3/b16-11-. The van der Waals surface area contributed by atoms with Crippen molar-refractivity contribution < 1.29 is 27.0 Å². The van der Waals surface area contributed by atoms with Crippen LogP contribution in [0.25, 0.3) is 16.3 Å². The van der Waals surface area contributed by atoms with E-state index in [2.05, 4.69) is 0 Å². The number of benzene rings is 1. The van der Waals surface area contributed by atoms with E-state index in [0.29, 0.717) is 13.2 Å². The molecule has 138 valence electrons. The van der Waals surface area contributed by atoms with E-state index in [1.54, 1.807) is 18.4 Å². The summed E-state index contributed by atoms with van der Waals surface area (Å²) in [4.78, 5) is 0. The molecule has 25 heavy (non-hydrogen) atoms. The Bertz CT molecular complexity index is 858. The maximum Gasteiger partial charge on any atom is 0.267 e. The molecule has 2 rings (SSSR count). The summed E-state index contributed by atoms with van der Waals surface area (Å²) in [5.41, 5.74) is 0.941. The quantitative estimate of drug-likeness (QED) is 0.364. The van der Waals surface area contributed by atoms with Crippen LogP contribution >= 0.6 is 23.1 Å². The van der Waals surface area contributed by atoms with Gasteiger partial charge in [-0.05, 0) is 25.3 Å². The number of fused-ring (bicyclic) bond motifs is 1. The van der Waals surface area contributed by atoms with Crippen molar-refractivity contribution in [3.8, 4) is 5.75 Å². The fourth-order valence-electron chi connectivity index (χ4n) is 2.35. The van der Waals surface area contributed by atoms with Gasteiger partial charge in [0.2, 0.25) is 5.52 Å². The second kappa shape index (κ2) is 8.88. The van der Waals surface area contributed by atoms with Gasteiger partial charge in [0.1, 0.15) is 10.4 Å². The molecular formula is C16H21NO5S3. The molecule has 0 amide bonds. The third-order valence-electron chi connectivity index (χ3n) is 3.44. The van der Waals surface area contributed by atoms with Crippen LogP contribution in [0.15, 0.2) is 23.3 Å². The number of aryl methyl sites for hydroxylation is 1. The highest BCUT2D eigenvalue weighted by Gasteiger charge is 2.21. The molecule has 1 aromatic heterocycles. The second-order valence-corrected chi connectivity index (χ2v) is 8.54. The number of ether oxygens (including phenoxy) is 2. The number of methoxy groups -OCH3 is 1. The fourth-order valence-corrected chi connectivity index (χ4v) is 4.47. The van der Waals surface area contributed by atoms with Crippen molar-refractivity contribution in [2.75, 3.05) is 25.7 Å². The molecule has 0 saturated heterocycles. The molecule has 1 heterocycles. The summed E-state index contributed by atoms with van der Waals surface area (Å²) in [6.45, 7) is 2.92. The van der Waals surface area contributed by atoms with Crippen molar-refractivity contribution in [2.45, 2.75) is 19.9 Å². The van der Waals surface area contributed by atoms with Gasteiger partial charge in [0.05, 0.1) is 36.0 Å². The largest absolute Gasteiger partial charge is 0.748 e. The van der Waals surface area contributed by atoms with Crippen LogP contribution < -0.4 is 9.30 Å². The molecule has 9 heteroatoms. The van der Waals surface area contributed by atoms with Gasteiger partial charge in [0.25, 0.3) is 5.01 Å². The number of rotatable bonds is 9. The Morgan fingerprint density at radius 1 is 1.44 bits per heavy atom. The molecule has 0 saturated carbocycles. The van der Waals surface area contributed by atoms with E-state index in [1.165, 1.54) is 11.8 Å². The van der Waals surface area contributed by atoms with Gasteiger partial charge < -0.3 is 14.0 Å². The second-order valence-electron chi connectivity index (χ2n) is 5.14. The SMILES string of the molecule is CCO/C(=C/c1sc2ccc(OC)cc2[n+]1CCCS(=O)(=O)[O-])SC. The summed E-state index contributed by atoms with van der Waals surface area (Å²) in [5.74, 6) is 0.339. The Morgan fingerprint density at radius 2 is 2.20 bits per heavy atom. The molecule has 0 N–H and O–H groups in total. The van der Waals surface area contributed by atoms with Crippen LogP contribution in [0.4, 0.5) is 0 Å². The lowest BCUT2D eigenvalue weighted by molar-refractivity contribution is -0.668. The molecule has 0 aliphatic rings. The van der Waals surface area contributed by atoms with Crippen LogP contribution in [-0.4, -0.2) is 38.7 Å². The molecule has 0 radical (unpaired) electrons. The summed E-state index contributed by atoms with van der Waals surface area (Å²) >= 11 is 3.09. The minimum atomic E-state index is -4.22. The van der Waals surface area contributed by atoms with Crippen molar-refractivity contribution in [1.82, 2.24) is 0 Å². The smallest absolute Gasteiger partial charge is 0.267 e. The molecule has 0 fully saturated rings. The van der Waals surface area contributed by atoms with Gasteiger partial charge in [-0.1, -0.05) is 23.1 Å². The Kier molecular flexibility index (Phi) is 7.12. The monoisotopic (exact) mass is 403 g/mol. The van der Waals surface area contributed by atoms with Crippen molar-refractivity contribution >= 4 is 49.5 Å². The van der Waals surface area contributed by atoms with Crippen molar-refractivity contribution in [3.05, 3.63) is 28.3 Å². The summed E-state index contributed by atoms with van der Waals surface area (Å²) in [6.07, 6.45) is 4.13. The van der Waals surface area contributed by atoms with E-state index in [0.717, 1.165) is 26.1 Å². The molecule has 0 spiro atoms. The normalized spacial score (nSPS) is 12.6. The maximum atomic E-state index is 10.9. The van der Waals surface area contributed by atoms with Crippen molar-refractivity contribution in [2.24, 2.45) is 0 Å². The Hall–Kier alpha value is -1.29. The van der Waals surface area contributed by atoms with Crippen LogP contribution in [0.3, 0.4) is 0 Å². The number of aromatic nitrogens is 1. The Balaban J connectivity index is 2.45. The minimum absolute atomic E-state index is 0.254. The Morgan fingerprint density at radius 3 is 2.80 bits per heavy atom. The lowest BCUT2D eigenvalue weighted by Crippen LogP contribution is -2.36. The van der Waals surface area contributed by atoms with Gasteiger partial charge in [-0.3, -0.25) is 0 Å². The first kappa shape index (κ1) is 20.0. The number of hydrogen-bond acceptors (Lipinski definition) is 7. The van der Waals surface area contributed by atoms with E-state index in [-0.39, 0.29) is 12.2 Å². The average Bonchev–Trinajstić information content (AvgIpc) is 2.90. The fraction of sp³-hybridized carbons (Fsp3) is 0.438. The first-order valence-corrected chi connectivity index (χ1v) is 11.3. The molecule has 0 aliphatic carbocycles. The van der Waals surface area contributed by atoms with Gasteiger partial charge in [0.15, 0.2) is 11.6 Å². The highest BCUT2D eigenvalue weighted by Crippen LogP contribution is 2.27. The van der Waals surface area contributed by atoms with Gasteiger partial charge in [-0.2, -0.15) is 4.57 Å². The summed E-state index contributed by atoms with van der Waals surface area (Å²) in [7, 11) is -2.62. The summed E-state index contributed by atoms with van der Waals surface area (Å²) in [6, 6.07) is 5.77. The van der Waals surface area contributed by atoms with Crippen LogP contribution in [0, 0.1) is 0 Å². The van der Waals surface area contributed by atoms with Gasteiger partial charge in [-0.15, -0.1) is 0 Å². The van der Waals surface area contributed by atoms with E-state index in [4.69, 9.17) is 9.47 Å². The van der Waals surface area contributed by atoms with E-state index >= 15 is 0 Å². The molecule has 0 atom stereocenters. The molecule has 1 aromatic carbocycles. The predicted octanol–water partition coefficient (Wildman–Crippen LogP) is 2.83. The van der Waals surface area contributed by atoms with Crippen LogP contribution in [0.2, 0.25) is 0 Å².